The van der Waals surface area contributed by atoms with Gasteiger partial charge in [0.2, 0.25) is 0 Å². The number of carbonyl (C=O) groups excluding carboxylic acids is 1. The molecule has 0 bridgehead atoms. The Labute approximate surface area is 108 Å². The number of amides is 1. The van der Waals surface area contributed by atoms with E-state index in [-0.39, 0.29) is 11.9 Å². The Morgan fingerprint density at radius 1 is 1.53 bits per heavy atom. The van der Waals surface area contributed by atoms with Crippen LogP contribution in [-0.4, -0.2) is 36.6 Å². The second-order valence-corrected chi connectivity index (χ2v) is 5.00. The molecule has 2 rings (SSSR count). The van der Waals surface area contributed by atoms with E-state index < -0.39 is 5.82 Å². The highest BCUT2D eigenvalue weighted by atomic mass is 79.9. The van der Waals surface area contributed by atoms with Gasteiger partial charge in [-0.3, -0.25) is 4.79 Å². The van der Waals surface area contributed by atoms with E-state index in [2.05, 4.69) is 15.9 Å². The number of rotatable bonds is 1. The zero-order valence-electron chi connectivity index (χ0n) is 9.45. The molecule has 1 aromatic rings. The van der Waals surface area contributed by atoms with Crippen LogP contribution < -0.4 is 0 Å². The van der Waals surface area contributed by atoms with Crippen molar-refractivity contribution in [1.82, 2.24) is 4.90 Å². The third-order valence-corrected chi connectivity index (χ3v) is 3.20. The Morgan fingerprint density at radius 2 is 2.29 bits per heavy atom. The van der Waals surface area contributed by atoms with Crippen LogP contribution >= 0.6 is 15.9 Å². The molecule has 0 spiro atoms. The van der Waals surface area contributed by atoms with Crippen molar-refractivity contribution in [3.8, 4) is 0 Å². The summed E-state index contributed by atoms with van der Waals surface area (Å²) >= 11 is 3.18. The molecule has 3 nitrogen and oxygen atoms in total. The quantitative estimate of drug-likeness (QED) is 0.797. The van der Waals surface area contributed by atoms with Crippen LogP contribution in [0.5, 0.6) is 0 Å². The molecule has 5 heteroatoms. The number of ether oxygens (including phenoxy) is 1. The molecule has 17 heavy (non-hydrogen) atoms. The van der Waals surface area contributed by atoms with Gasteiger partial charge in [0, 0.05) is 16.6 Å². The first-order valence-electron chi connectivity index (χ1n) is 5.43. The molecule has 0 N–H and O–H groups in total. The Hall–Kier alpha value is -0.940. The lowest BCUT2D eigenvalue weighted by atomic mass is 10.1. The molecular weight excluding hydrogens is 289 g/mol. The highest BCUT2D eigenvalue weighted by molar-refractivity contribution is 9.10. The third kappa shape index (κ3) is 2.84. The van der Waals surface area contributed by atoms with Gasteiger partial charge in [-0.1, -0.05) is 15.9 Å². The first kappa shape index (κ1) is 12.5. The molecule has 1 heterocycles. The van der Waals surface area contributed by atoms with E-state index in [1.807, 2.05) is 6.92 Å². The van der Waals surface area contributed by atoms with E-state index >= 15 is 0 Å². The topological polar surface area (TPSA) is 29.5 Å². The number of hydrogen-bond acceptors (Lipinski definition) is 2. The van der Waals surface area contributed by atoms with Crippen molar-refractivity contribution in [2.24, 2.45) is 0 Å². The van der Waals surface area contributed by atoms with Crippen LogP contribution in [-0.2, 0) is 4.74 Å². The summed E-state index contributed by atoms with van der Waals surface area (Å²) in [6, 6.07) is 4.25. The van der Waals surface area contributed by atoms with Crippen molar-refractivity contribution < 1.29 is 13.9 Å². The standard InChI is InChI=1S/C12H13BrFNO2/c1-8-7-17-3-2-15(8)12(16)9-4-10(13)6-11(14)5-9/h4-6,8H,2-3,7H2,1H3. The van der Waals surface area contributed by atoms with Crippen molar-refractivity contribution >= 4 is 21.8 Å². The van der Waals surface area contributed by atoms with Gasteiger partial charge in [-0.2, -0.15) is 0 Å². The summed E-state index contributed by atoms with van der Waals surface area (Å²) in [7, 11) is 0. The van der Waals surface area contributed by atoms with Gasteiger partial charge in [0.15, 0.2) is 0 Å². The molecule has 1 atom stereocenters. The molecule has 1 aliphatic heterocycles. The minimum atomic E-state index is -0.413. The van der Waals surface area contributed by atoms with E-state index in [0.29, 0.717) is 29.8 Å². The summed E-state index contributed by atoms with van der Waals surface area (Å²) in [5.41, 5.74) is 0.366. The Bertz CT molecular complexity index is 418. The highest BCUT2D eigenvalue weighted by Crippen LogP contribution is 2.18. The van der Waals surface area contributed by atoms with Crippen molar-refractivity contribution in [1.29, 1.82) is 0 Å². The van der Waals surface area contributed by atoms with Gasteiger partial charge in [0.05, 0.1) is 19.3 Å². The van der Waals surface area contributed by atoms with Crippen LogP contribution in [0, 0.1) is 5.82 Å². The maximum Gasteiger partial charge on any atom is 0.254 e. The number of benzene rings is 1. The summed E-state index contributed by atoms with van der Waals surface area (Å²) in [6.07, 6.45) is 0. The number of morpholine rings is 1. The molecule has 0 radical (unpaired) electrons. The molecule has 0 aromatic heterocycles. The predicted octanol–water partition coefficient (Wildman–Crippen LogP) is 2.45. The van der Waals surface area contributed by atoms with Crippen LogP contribution in [0.2, 0.25) is 0 Å². The molecule has 1 aromatic carbocycles. The average molecular weight is 302 g/mol. The lowest BCUT2D eigenvalue weighted by molar-refractivity contribution is 0.00357. The zero-order valence-corrected chi connectivity index (χ0v) is 11.0. The van der Waals surface area contributed by atoms with E-state index in [4.69, 9.17) is 4.74 Å². The number of hydrogen-bond donors (Lipinski definition) is 0. The van der Waals surface area contributed by atoms with Crippen molar-refractivity contribution in [3.63, 3.8) is 0 Å². The van der Waals surface area contributed by atoms with Gasteiger partial charge < -0.3 is 9.64 Å². The van der Waals surface area contributed by atoms with Gasteiger partial charge in [0.1, 0.15) is 5.82 Å². The highest BCUT2D eigenvalue weighted by Gasteiger charge is 2.25. The number of carbonyl (C=O) groups is 1. The van der Waals surface area contributed by atoms with E-state index in [9.17, 15) is 9.18 Å². The van der Waals surface area contributed by atoms with E-state index in [1.54, 1.807) is 11.0 Å². The largest absolute Gasteiger partial charge is 0.377 e. The normalized spacial score (nSPS) is 20.4. The van der Waals surface area contributed by atoms with Crippen LogP contribution in [0.4, 0.5) is 4.39 Å². The lowest BCUT2D eigenvalue weighted by Gasteiger charge is -2.33. The summed E-state index contributed by atoms with van der Waals surface area (Å²) in [5.74, 6) is -0.565. The Kier molecular flexibility index (Phi) is 3.79. The summed E-state index contributed by atoms with van der Waals surface area (Å²) in [5, 5.41) is 0. The Morgan fingerprint density at radius 3 is 2.94 bits per heavy atom. The molecule has 92 valence electrons. The second-order valence-electron chi connectivity index (χ2n) is 4.08. The molecule has 1 amide bonds. The minimum Gasteiger partial charge on any atom is -0.377 e. The van der Waals surface area contributed by atoms with Gasteiger partial charge >= 0.3 is 0 Å². The van der Waals surface area contributed by atoms with Crippen molar-refractivity contribution in [2.75, 3.05) is 19.8 Å². The fraction of sp³-hybridized carbons (Fsp3) is 0.417. The van der Waals surface area contributed by atoms with Gasteiger partial charge in [0.25, 0.3) is 5.91 Å². The van der Waals surface area contributed by atoms with Crippen LogP contribution in [0.15, 0.2) is 22.7 Å². The van der Waals surface area contributed by atoms with Gasteiger partial charge in [-0.05, 0) is 25.1 Å². The van der Waals surface area contributed by atoms with Crippen molar-refractivity contribution in [2.45, 2.75) is 13.0 Å². The summed E-state index contributed by atoms with van der Waals surface area (Å²) in [4.78, 5) is 13.9. The first-order chi connectivity index (χ1) is 8.08. The molecule has 1 fully saturated rings. The molecular formula is C12H13BrFNO2. The van der Waals surface area contributed by atoms with Gasteiger partial charge in [-0.15, -0.1) is 0 Å². The maximum absolute atomic E-state index is 13.2. The summed E-state index contributed by atoms with van der Waals surface area (Å²) < 4.78 is 19.1. The fourth-order valence-electron chi connectivity index (χ4n) is 1.87. The Balaban J connectivity index is 2.23. The molecule has 0 saturated carbocycles. The smallest absolute Gasteiger partial charge is 0.254 e. The average Bonchev–Trinajstić information content (AvgIpc) is 2.27. The molecule has 1 unspecified atom stereocenters. The predicted molar refractivity (Wildman–Crippen MR) is 65.4 cm³/mol. The summed E-state index contributed by atoms with van der Waals surface area (Å²) in [6.45, 7) is 3.54. The SMILES string of the molecule is CC1COCCN1C(=O)c1cc(F)cc(Br)c1. The van der Waals surface area contributed by atoms with Gasteiger partial charge in [-0.25, -0.2) is 4.39 Å². The molecule has 0 aliphatic carbocycles. The van der Waals surface area contributed by atoms with Crippen LogP contribution in [0.1, 0.15) is 17.3 Å². The van der Waals surface area contributed by atoms with Crippen LogP contribution in [0.25, 0.3) is 0 Å². The van der Waals surface area contributed by atoms with Crippen molar-refractivity contribution in [3.05, 3.63) is 34.1 Å². The third-order valence-electron chi connectivity index (χ3n) is 2.74. The second kappa shape index (κ2) is 5.14. The zero-order chi connectivity index (χ0) is 12.4. The van der Waals surface area contributed by atoms with E-state index in [0.717, 1.165) is 0 Å². The molecule has 1 saturated heterocycles. The fourth-order valence-corrected chi connectivity index (χ4v) is 2.34. The number of halogens is 2. The number of nitrogens with zero attached hydrogens (tertiary/aromatic N) is 1. The molecule has 1 aliphatic rings. The maximum atomic E-state index is 13.2. The lowest BCUT2D eigenvalue weighted by Crippen LogP contribution is -2.47. The van der Waals surface area contributed by atoms with E-state index in [1.165, 1.54) is 12.1 Å². The minimum absolute atomic E-state index is 0.0262. The van der Waals surface area contributed by atoms with Crippen LogP contribution in [0.3, 0.4) is 0 Å². The first-order valence-corrected chi connectivity index (χ1v) is 6.22. The monoisotopic (exact) mass is 301 g/mol.